The lowest BCUT2D eigenvalue weighted by Gasteiger charge is -2.19. The van der Waals surface area contributed by atoms with Gasteiger partial charge in [-0.2, -0.15) is 0 Å². The summed E-state index contributed by atoms with van der Waals surface area (Å²) >= 11 is 0. The first-order valence-electron chi connectivity index (χ1n) is 7.92. The molecule has 5 heteroatoms. The van der Waals surface area contributed by atoms with Crippen LogP contribution < -0.4 is 14.8 Å². The van der Waals surface area contributed by atoms with Crippen molar-refractivity contribution in [2.24, 2.45) is 0 Å². The summed E-state index contributed by atoms with van der Waals surface area (Å²) in [5.74, 6) is 1.16. The molecule has 0 unspecified atom stereocenters. The van der Waals surface area contributed by atoms with Crippen LogP contribution in [-0.2, 0) is 10.2 Å². The number of hydrogen-bond acceptors (Lipinski definition) is 4. The predicted molar refractivity (Wildman–Crippen MR) is 94.7 cm³/mol. The first-order chi connectivity index (χ1) is 11.4. The second-order valence-corrected chi connectivity index (χ2v) is 6.51. The minimum atomic E-state index is -0.117. The number of rotatable bonds is 6. The molecule has 0 bridgehead atoms. The van der Waals surface area contributed by atoms with Gasteiger partial charge in [-0.05, 0) is 29.2 Å². The summed E-state index contributed by atoms with van der Waals surface area (Å²) in [5.41, 5.74) is 2.00. The van der Waals surface area contributed by atoms with E-state index < -0.39 is 0 Å². The Hall–Kier alpha value is -2.56. The Morgan fingerprint density at radius 2 is 1.83 bits per heavy atom. The highest BCUT2D eigenvalue weighted by Gasteiger charge is 2.13. The summed E-state index contributed by atoms with van der Waals surface area (Å²) in [4.78, 5) is 15.9. The molecule has 0 aliphatic rings. The summed E-state index contributed by atoms with van der Waals surface area (Å²) < 4.78 is 10.6. The van der Waals surface area contributed by atoms with Crippen LogP contribution in [-0.4, -0.2) is 24.6 Å². The number of carbonyl (C=O) groups is 1. The molecule has 1 aromatic heterocycles. The van der Waals surface area contributed by atoms with Gasteiger partial charge in [-0.25, -0.2) is 4.98 Å². The van der Waals surface area contributed by atoms with Gasteiger partial charge < -0.3 is 14.8 Å². The molecule has 0 fully saturated rings. The summed E-state index contributed by atoms with van der Waals surface area (Å²) in [5, 5.41) is 2.77. The average Bonchev–Trinajstić information content (AvgIpc) is 2.55. The number of pyridine rings is 1. The van der Waals surface area contributed by atoms with Crippen LogP contribution >= 0.6 is 0 Å². The molecule has 1 heterocycles. The maximum atomic E-state index is 11.9. The maximum Gasteiger partial charge on any atom is 0.227 e. The van der Waals surface area contributed by atoms with Crippen molar-refractivity contribution in [3.63, 3.8) is 0 Å². The molecule has 128 valence electrons. The maximum absolute atomic E-state index is 11.9. The third kappa shape index (κ3) is 5.26. The fourth-order valence-electron chi connectivity index (χ4n) is 2.11. The number of nitrogens with zero attached hydrogens (tertiary/aromatic N) is 1. The molecule has 1 N–H and O–H groups in total. The SMILES string of the molecule is COc1ccc(NC(=O)CCOc2ccc(C(C)(C)C)cc2)cn1. The molecular weight excluding hydrogens is 304 g/mol. The van der Waals surface area contributed by atoms with Crippen molar-refractivity contribution in [3.8, 4) is 11.6 Å². The van der Waals surface area contributed by atoms with Crippen molar-refractivity contribution < 1.29 is 14.3 Å². The number of ether oxygens (including phenoxy) is 2. The van der Waals surface area contributed by atoms with Gasteiger partial charge >= 0.3 is 0 Å². The van der Waals surface area contributed by atoms with Gasteiger partial charge in [0.25, 0.3) is 0 Å². The smallest absolute Gasteiger partial charge is 0.227 e. The molecule has 0 saturated heterocycles. The number of methoxy groups -OCH3 is 1. The highest BCUT2D eigenvalue weighted by atomic mass is 16.5. The normalized spacial score (nSPS) is 11.0. The second kappa shape index (κ2) is 7.81. The van der Waals surface area contributed by atoms with E-state index in [1.807, 2.05) is 12.1 Å². The van der Waals surface area contributed by atoms with Crippen LogP contribution in [0.5, 0.6) is 11.6 Å². The minimum absolute atomic E-state index is 0.116. The monoisotopic (exact) mass is 328 g/mol. The highest BCUT2D eigenvalue weighted by Crippen LogP contribution is 2.24. The Labute approximate surface area is 143 Å². The van der Waals surface area contributed by atoms with Crippen LogP contribution in [0.1, 0.15) is 32.8 Å². The molecule has 0 atom stereocenters. The number of anilines is 1. The molecule has 0 spiro atoms. The standard InChI is InChI=1S/C19H24N2O3/c1-19(2,3)14-5-8-16(9-6-14)24-12-11-17(22)21-15-7-10-18(23-4)20-13-15/h5-10,13H,11-12H2,1-4H3,(H,21,22). The number of aromatic nitrogens is 1. The van der Waals surface area contributed by atoms with Gasteiger partial charge in [0.2, 0.25) is 11.8 Å². The van der Waals surface area contributed by atoms with E-state index in [0.29, 0.717) is 18.2 Å². The van der Waals surface area contributed by atoms with Crippen LogP contribution in [0.3, 0.4) is 0 Å². The lowest BCUT2D eigenvalue weighted by Crippen LogP contribution is -2.15. The first kappa shape index (κ1) is 17.8. The van der Waals surface area contributed by atoms with Crippen LogP contribution in [0.4, 0.5) is 5.69 Å². The summed E-state index contributed by atoms with van der Waals surface area (Å²) in [6.07, 6.45) is 1.83. The van der Waals surface area contributed by atoms with E-state index in [-0.39, 0.29) is 17.7 Å². The minimum Gasteiger partial charge on any atom is -0.493 e. The van der Waals surface area contributed by atoms with Gasteiger partial charge in [0.15, 0.2) is 0 Å². The van der Waals surface area contributed by atoms with Crippen molar-refractivity contribution in [2.75, 3.05) is 19.0 Å². The van der Waals surface area contributed by atoms with E-state index in [1.54, 1.807) is 25.4 Å². The van der Waals surface area contributed by atoms with Crippen molar-refractivity contribution in [3.05, 3.63) is 48.2 Å². The Morgan fingerprint density at radius 1 is 1.12 bits per heavy atom. The Balaban J connectivity index is 1.77. The van der Waals surface area contributed by atoms with Crippen molar-refractivity contribution >= 4 is 11.6 Å². The zero-order valence-electron chi connectivity index (χ0n) is 14.6. The van der Waals surface area contributed by atoms with Gasteiger partial charge in [0.1, 0.15) is 5.75 Å². The zero-order valence-corrected chi connectivity index (χ0v) is 14.6. The third-order valence-corrected chi connectivity index (χ3v) is 3.55. The Bertz CT molecular complexity index is 659. The zero-order chi connectivity index (χ0) is 17.6. The summed E-state index contributed by atoms with van der Waals surface area (Å²) in [6.45, 7) is 6.83. The van der Waals surface area contributed by atoms with Crippen LogP contribution in [0.15, 0.2) is 42.6 Å². The van der Waals surface area contributed by atoms with Crippen molar-refractivity contribution in [1.82, 2.24) is 4.98 Å². The Morgan fingerprint density at radius 3 is 2.38 bits per heavy atom. The number of hydrogen-bond donors (Lipinski definition) is 1. The molecule has 0 aliphatic carbocycles. The Kier molecular flexibility index (Phi) is 5.79. The van der Waals surface area contributed by atoms with E-state index in [2.05, 4.69) is 43.2 Å². The van der Waals surface area contributed by atoms with Crippen molar-refractivity contribution in [1.29, 1.82) is 0 Å². The molecule has 1 aromatic carbocycles. The lowest BCUT2D eigenvalue weighted by molar-refractivity contribution is -0.116. The van der Waals surface area contributed by atoms with Crippen LogP contribution in [0.25, 0.3) is 0 Å². The molecule has 0 saturated carbocycles. The van der Waals surface area contributed by atoms with E-state index in [0.717, 1.165) is 5.75 Å². The van der Waals surface area contributed by atoms with E-state index in [1.165, 1.54) is 5.56 Å². The molecule has 24 heavy (non-hydrogen) atoms. The van der Waals surface area contributed by atoms with Gasteiger partial charge in [-0.3, -0.25) is 4.79 Å². The van der Waals surface area contributed by atoms with Gasteiger partial charge in [0.05, 0.1) is 32.0 Å². The quantitative estimate of drug-likeness (QED) is 0.876. The average molecular weight is 328 g/mol. The number of benzene rings is 1. The molecular formula is C19H24N2O3. The predicted octanol–water partition coefficient (Wildman–Crippen LogP) is 3.80. The van der Waals surface area contributed by atoms with Crippen LogP contribution in [0.2, 0.25) is 0 Å². The van der Waals surface area contributed by atoms with Gasteiger partial charge in [0, 0.05) is 6.07 Å². The van der Waals surface area contributed by atoms with E-state index >= 15 is 0 Å². The van der Waals surface area contributed by atoms with Gasteiger partial charge in [-0.1, -0.05) is 32.9 Å². The van der Waals surface area contributed by atoms with Crippen molar-refractivity contribution in [2.45, 2.75) is 32.6 Å². The number of amides is 1. The topological polar surface area (TPSA) is 60.5 Å². The largest absolute Gasteiger partial charge is 0.493 e. The molecule has 1 amide bonds. The van der Waals surface area contributed by atoms with E-state index in [4.69, 9.17) is 9.47 Å². The third-order valence-electron chi connectivity index (χ3n) is 3.55. The molecule has 5 nitrogen and oxygen atoms in total. The fraction of sp³-hybridized carbons (Fsp3) is 0.368. The fourth-order valence-corrected chi connectivity index (χ4v) is 2.11. The van der Waals surface area contributed by atoms with Crippen LogP contribution in [0, 0.1) is 0 Å². The molecule has 0 radical (unpaired) electrons. The van der Waals surface area contributed by atoms with E-state index in [9.17, 15) is 4.79 Å². The highest BCUT2D eigenvalue weighted by molar-refractivity contribution is 5.90. The summed E-state index contributed by atoms with van der Waals surface area (Å²) in [7, 11) is 1.55. The number of nitrogens with one attached hydrogen (secondary N) is 1. The van der Waals surface area contributed by atoms with Gasteiger partial charge in [-0.15, -0.1) is 0 Å². The number of carbonyl (C=O) groups excluding carboxylic acids is 1. The molecule has 2 rings (SSSR count). The second-order valence-electron chi connectivity index (χ2n) is 6.51. The molecule has 0 aliphatic heterocycles. The lowest BCUT2D eigenvalue weighted by atomic mass is 9.87. The first-order valence-corrected chi connectivity index (χ1v) is 7.92. The molecule has 2 aromatic rings. The summed E-state index contributed by atoms with van der Waals surface area (Å²) in [6, 6.07) is 11.4.